The second kappa shape index (κ2) is 3.93. The van der Waals surface area contributed by atoms with Crippen molar-refractivity contribution in [2.24, 2.45) is 0 Å². The van der Waals surface area contributed by atoms with Crippen molar-refractivity contribution in [3.05, 3.63) is 30.3 Å². The second-order valence-electron chi connectivity index (χ2n) is 2.13. The van der Waals surface area contributed by atoms with E-state index in [-0.39, 0.29) is 0 Å². The summed E-state index contributed by atoms with van der Waals surface area (Å²) in [5, 5.41) is 2.96. The molecule has 0 aliphatic carbocycles. The summed E-state index contributed by atoms with van der Waals surface area (Å²) in [6.07, 6.45) is 0. The molecule has 2 nitrogen and oxygen atoms in total. The van der Waals surface area contributed by atoms with Crippen LogP contribution in [-0.2, 0) is 11.3 Å². The standard InChI is InChI=1S/C8H9NOS/c1-7(11-10)9-8-5-3-2-4-6-8/h2-6,9H,1H3. The maximum Gasteiger partial charge on any atom is 0.110 e. The van der Waals surface area contributed by atoms with Gasteiger partial charge in [-0.15, -0.1) is 0 Å². The van der Waals surface area contributed by atoms with E-state index in [1.807, 2.05) is 30.3 Å². The second-order valence-corrected chi connectivity index (χ2v) is 2.91. The van der Waals surface area contributed by atoms with Crippen LogP contribution in [0.4, 0.5) is 5.69 Å². The molecule has 58 valence electrons. The lowest BCUT2D eigenvalue weighted by Crippen LogP contribution is -2.05. The molecule has 0 heterocycles. The topological polar surface area (TPSA) is 29.1 Å². The first-order valence-electron chi connectivity index (χ1n) is 3.28. The Morgan fingerprint density at radius 1 is 1.36 bits per heavy atom. The third-order valence-electron chi connectivity index (χ3n) is 1.22. The van der Waals surface area contributed by atoms with E-state index < -0.39 is 0 Å². The molecule has 1 N–H and O–H groups in total. The fraction of sp³-hybridized carbons (Fsp3) is 0.125. The minimum absolute atomic E-state index is 0.475. The van der Waals surface area contributed by atoms with Crippen LogP contribution in [0.15, 0.2) is 30.3 Å². The lowest BCUT2D eigenvalue weighted by molar-refractivity contribution is 0.701. The lowest BCUT2D eigenvalue weighted by Gasteiger charge is -2.00. The highest BCUT2D eigenvalue weighted by atomic mass is 32.1. The molecule has 0 aromatic heterocycles. The third kappa shape index (κ3) is 2.55. The summed E-state index contributed by atoms with van der Waals surface area (Å²) < 4.78 is 10.3. The largest absolute Gasteiger partial charge is 0.348 e. The van der Waals surface area contributed by atoms with Crippen molar-refractivity contribution in [1.82, 2.24) is 0 Å². The molecule has 11 heavy (non-hydrogen) atoms. The minimum Gasteiger partial charge on any atom is -0.348 e. The van der Waals surface area contributed by atoms with Gasteiger partial charge < -0.3 is 5.32 Å². The van der Waals surface area contributed by atoms with E-state index in [0.717, 1.165) is 5.69 Å². The average Bonchev–Trinajstić information content (AvgIpc) is 2.06. The van der Waals surface area contributed by atoms with Gasteiger partial charge in [0, 0.05) is 5.69 Å². The van der Waals surface area contributed by atoms with Gasteiger partial charge in [0.2, 0.25) is 0 Å². The summed E-state index contributed by atoms with van der Waals surface area (Å²) in [6, 6.07) is 9.61. The van der Waals surface area contributed by atoms with Crippen LogP contribution in [0.1, 0.15) is 6.92 Å². The van der Waals surface area contributed by atoms with Crippen LogP contribution in [0.3, 0.4) is 0 Å². The van der Waals surface area contributed by atoms with Crippen LogP contribution in [-0.4, -0.2) is 9.20 Å². The monoisotopic (exact) mass is 167 g/mol. The zero-order chi connectivity index (χ0) is 8.10. The van der Waals surface area contributed by atoms with E-state index in [1.54, 1.807) is 6.92 Å². The number of benzene rings is 1. The minimum atomic E-state index is 0.475. The predicted octanol–water partition coefficient (Wildman–Crippen LogP) is 1.46. The summed E-state index contributed by atoms with van der Waals surface area (Å²) in [5.41, 5.74) is 0.952. The zero-order valence-corrected chi connectivity index (χ0v) is 7.02. The first-order valence-corrected chi connectivity index (χ1v) is 4.02. The quantitative estimate of drug-likeness (QED) is 0.641. The Morgan fingerprint density at radius 2 is 2.00 bits per heavy atom. The molecular weight excluding hydrogens is 158 g/mol. The first-order chi connectivity index (χ1) is 5.33. The molecule has 1 aromatic rings. The summed E-state index contributed by atoms with van der Waals surface area (Å²) >= 11 is 0.475. The van der Waals surface area contributed by atoms with Crippen LogP contribution >= 0.6 is 0 Å². The van der Waals surface area contributed by atoms with Crippen molar-refractivity contribution in [1.29, 1.82) is 0 Å². The Labute approximate surface area is 69.3 Å². The molecule has 0 spiro atoms. The number of anilines is 1. The van der Waals surface area contributed by atoms with Gasteiger partial charge in [-0.2, -0.15) is 0 Å². The van der Waals surface area contributed by atoms with Crippen molar-refractivity contribution < 1.29 is 4.21 Å². The van der Waals surface area contributed by atoms with Gasteiger partial charge in [0.1, 0.15) is 16.2 Å². The van der Waals surface area contributed by atoms with Crippen molar-refractivity contribution in [2.45, 2.75) is 6.92 Å². The first kappa shape index (κ1) is 8.01. The smallest absolute Gasteiger partial charge is 0.110 e. The Balaban J connectivity index is 2.73. The molecule has 0 fully saturated rings. The van der Waals surface area contributed by atoms with E-state index in [2.05, 4.69) is 5.32 Å². The molecule has 0 aliphatic rings. The Morgan fingerprint density at radius 3 is 2.55 bits per heavy atom. The van der Waals surface area contributed by atoms with Gasteiger partial charge in [-0.1, -0.05) is 18.2 Å². The van der Waals surface area contributed by atoms with Crippen LogP contribution in [0.2, 0.25) is 0 Å². The molecule has 0 amide bonds. The maximum absolute atomic E-state index is 10.3. The van der Waals surface area contributed by atoms with E-state index in [1.165, 1.54) is 0 Å². The average molecular weight is 167 g/mol. The normalized spacial score (nSPS) is 8.82. The maximum atomic E-state index is 10.3. The van der Waals surface area contributed by atoms with Gasteiger partial charge in [0.05, 0.1) is 0 Å². The highest BCUT2D eigenvalue weighted by Gasteiger charge is 1.89. The molecular formula is C8H9NOS. The van der Waals surface area contributed by atoms with Gasteiger partial charge >= 0.3 is 0 Å². The number of para-hydroxylation sites is 1. The SMILES string of the molecule is CC(Nc1ccccc1)=S=O. The van der Waals surface area contributed by atoms with Gasteiger partial charge in [0.25, 0.3) is 0 Å². The van der Waals surface area contributed by atoms with Gasteiger partial charge in [-0.25, -0.2) is 4.21 Å². The fourth-order valence-corrected chi connectivity index (χ4v) is 0.905. The van der Waals surface area contributed by atoms with E-state index in [0.29, 0.717) is 16.2 Å². The molecule has 0 aliphatic heterocycles. The Kier molecular flexibility index (Phi) is 2.86. The summed E-state index contributed by atoms with van der Waals surface area (Å²) in [5.74, 6) is 0. The van der Waals surface area contributed by atoms with E-state index in [4.69, 9.17) is 0 Å². The Hall–Kier alpha value is -1.09. The molecule has 0 unspecified atom stereocenters. The van der Waals surface area contributed by atoms with Crippen LogP contribution in [0.5, 0.6) is 0 Å². The molecule has 0 bridgehead atoms. The van der Waals surface area contributed by atoms with Crippen molar-refractivity contribution in [2.75, 3.05) is 5.32 Å². The van der Waals surface area contributed by atoms with E-state index >= 15 is 0 Å². The van der Waals surface area contributed by atoms with Gasteiger partial charge in [-0.05, 0) is 19.1 Å². The van der Waals surface area contributed by atoms with Gasteiger partial charge in [0.15, 0.2) is 0 Å². The van der Waals surface area contributed by atoms with Crippen LogP contribution < -0.4 is 5.32 Å². The van der Waals surface area contributed by atoms with Crippen molar-refractivity contribution in [3.8, 4) is 0 Å². The predicted molar refractivity (Wildman–Crippen MR) is 48.9 cm³/mol. The molecule has 0 atom stereocenters. The molecule has 1 aromatic carbocycles. The van der Waals surface area contributed by atoms with Crippen LogP contribution in [0, 0.1) is 0 Å². The summed E-state index contributed by atoms with van der Waals surface area (Å²) in [7, 11) is 0. The number of nitrogens with one attached hydrogen (secondary N) is 1. The number of rotatable bonds is 1. The number of hydrogen-bond donors (Lipinski definition) is 1. The summed E-state index contributed by atoms with van der Waals surface area (Å²) in [6.45, 7) is 1.75. The fourth-order valence-electron chi connectivity index (χ4n) is 0.746. The number of hydrogen-bond acceptors (Lipinski definition) is 1. The lowest BCUT2D eigenvalue weighted by atomic mass is 10.3. The molecule has 0 saturated heterocycles. The molecule has 1 rings (SSSR count). The van der Waals surface area contributed by atoms with Crippen molar-refractivity contribution >= 4 is 21.9 Å². The van der Waals surface area contributed by atoms with Gasteiger partial charge in [-0.3, -0.25) is 0 Å². The highest BCUT2D eigenvalue weighted by Crippen LogP contribution is 2.03. The third-order valence-corrected chi connectivity index (χ3v) is 1.57. The summed E-state index contributed by atoms with van der Waals surface area (Å²) in [4.78, 5) is 0.663. The van der Waals surface area contributed by atoms with E-state index in [9.17, 15) is 4.21 Å². The molecule has 0 saturated carbocycles. The van der Waals surface area contributed by atoms with Crippen molar-refractivity contribution in [3.63, 3.8) is 0 Å². The molecule has 0 radical (unpaired) electrons. The highest BCUT2D eigenvalue weighted by molar-refractivity contribution is 7.66. The Bertz CT molecular complexity index is 277. The van der Waals surface area contributed by atoms with Crippen LogP contribution in [0.25, 0.3) is 0 Å². The zero-order valence-electron chi connectivity index (χ0n) is 6.20. The molecule has 3 heteroatoms.